The summed E-state index contributed by atoms with van der Waals surface area (Å²) in [6.07, 6.45) is 0.926. The zero-order chi connectivity index (χ0) is 22.1. The molecule has 0 spiro atoms. The van der Waals surface area contributed by atoms with Gasteiger partial charge >= 0.3 is 11.9 Å². The van der Waals surface area contributed by atoms with E-state index in [0.717, 1.165) is 13.1 Å². The van der Waals surface area contributed by atoms with Gasteiger partial charge in [-0.1, -0.05) is 18.7 Å². The highest BCUT2D eigenvalue weighted by Gasteiger charge is 2.39. The summed E-state index contributed by atoms with van der Waals surface area (Å²) in [5.41, 5.74) is 0.880. The van der Waals surface area contributed by atoms with E-state index in [0.29, 0.717) is 11.3 Å². The number of rotatable bonds is 6. The van der Waals surface area contributed by atoms with Crippen LogP contribution in [0.2, 0.25) is 0 Å². The minimum Gasteiger partial charge on any atom is -0.497 e. The number of aromatic nitrogens is 1. The fourth-order valence-electron chi connectivity index (χ4n) is 2.80. The van der Waals surface area contributed by atoms with Gasteiger partial charge in [-0.25, -0.2) is 18.4 Å². The van der Waals surface area contributed by atoms with E-state index in [1.165, 1.54) is 25.3 Å². The van der Waals surface area contributed by atoms with Gasteiger partial charge in [0.25, 0.3) is 0 Å². The minimum atomic E-state index is -4.10. The number of quaternary nitrogens is 1. The van der Waals surface area contributed by atoms with Crippen LogP contribution in [0, 0.1) is 0 Å². The van der Waals surface area contributed by atoms with Gasteiger partial charge in [-0.15, -0.1) is 0 Å². The van der Waals surface area contributed by atoms with E-state index < -0.39 is 20.6 Å². The van der Waals surface area contributed by atoms with Gasteiger partial charge < -0.3 is 9.15 Å². The molecule has 0 aliphatic carbocycles. The van der Waals surface area contributed by atoms with E-state index in [1.807, 2.05) is 0 Å². The fraction of sp³-hybridized carbons (Fsp3) is 0.100. The molecular weight excluding hydrogens is 410 g/mol. The van der Waals surface area contributed by atoms with Gasteiger partial charge in [-0.3, -0.25) is 0 Å². The lowest BCUT2D eigenvalue weighted by atomic mass is 10.1. The lowest BCUT2D eigenvalue weighted by Crippen LogP contribution is -2.46. The number of ether oxygens (including phenoxy) is 1. The first kappa shape index (κ1) is 21.4. The van der Waals surface area contributed by atoms with Crippen molar-refractivity contribution >= 4 is 21.9 Å². The van der Waals surface area contributed by atoms with Crippen LogP contribution in [-0.2, 0) is 14.8 Å². The number of sulfonamides is 1. The Bertz CT molecular complexity index is 1210. The second-order valence-corrected chi connectivity index (χ2v) is 7.98. The summed E-state index contributed by atoms with van der Waals surface area (Å²) in [5, 5.41) is 16.0. The summed E-state index contributed by atoms with van der Waals surface area (Å²) in [7, 11) is -1.42. The molecule has 156 valence electrons. The Balaban J connectivity index is 2.31. The van der Waals surface area contributed by atoms with E-state index in [1.54, 1.807) is 30.3 Å². The van der Waals surface area contributed by atoms with Crippen molar-refractivity contribution in [2.45, 2.75) is 4.90 Å². The number of nitrogens with zero attached hydrogens (tertiary/aromatic N) is 2. The number of carbonyl (C=O) groups is 1. The third-order valence-electron chi connectivity index (χ3n) is 4.39. The highest BCUT2D eigenvalue weighted by Crippen LogP contribution is 2.39. The van der Waals surface area contributed by atoms with Crippen molar-refractivity contribution in [1.82, 2.24) is 9.63 Å². The normalized spacial score (nSPS) is 13.5. The van der Waals surface area contributed by atoms with E-state index in [2.05, 4.69) is 11.6 Å². The monoisotopic (exact) mass is 430 g/mol. The van der Waals surface area contributed by atoms with Crippen molar-refractivity contribution < 1.29 is 27.6 Å². The number of hydroxylamine groups is 2. The Hall–Kier alpha value is -3.31. The van der Waals surface area contributed by atoms with Gasteiger partial charge in [-0.2, -0.15) is 10.2 Å². The molecule has 0 bridgehead atoms. The molecule has 3 rings (SSSR count). The summed E-state index contributed by atoms with van der Waals surface area (Å²) < 4.78 is 33.7. The number of hydrogen-bond acceptors (Lipinski definition) is 7. The average Bonchev–Trinajstić information content (AvgIpc) is 3.18. The molecule has 1 aromatic heterocycles. The molecule has 10 heteroatoms. The molecule has 0 fully saturated rings. The van der Waals surface area contributed by atoms with E-state index in [-0.39, 0.29) is 27.9 Å². The van der Waals surface area contributed by atoms with Crippen LogP contribution in [0.15, 0.2) is 70.5 Å². The number of carbonyl (C=O) groups excluding carboxylic acids is 1. The topological polar surface area (TPSA) is 133 Å². The van der Waals surface area contributed by atoms with E-state index in [4.69, 9.17) is 14.3 Å². The van der Waals surface area contributed by atoms with Crippen LogP contribution in [0.5, 0.6) is 5.75 Å². The number of primary sulfonamides is 1. The molecule has 1 amide bonds. The molecule has 0 saturated heterocycles. The fourth-order valence-corrected chi connectivity index (χ4v) is 3.53. The van der Waals surface area contributed by atoms with Crippen molar-refractivity contribution in [2.75, 3.05) is 14.2 Å². The van der Waals surface area contributed by atoms with Crippen LogP contribution in [0.3, 0.4) is 0 Å². The predicted octanol–water partition coefficient (Wildman–Crippen LogP) is 2.70. The minimum absolute atomic E-state index is 0.0232. The summed E-state index contributed by atoms with van der Waals surface area (Å²) in [4.78, 5) is 16.2. The van der Waals surface area contributed by atoms with Gasteiger partial charge in [0.2, 0.25) is 10.0 Å². The van der Waals surface area contributed by atoms with Gasteiger partial charge in [-0.05, 0) is 41.0 Å². The Labute approximate surface area is 173 Å². The first-order chi connectivity index (χ1) is 14.1. The second kappa shape index (κ2) is 7.84. The number of likely N-dealkylation sites (N-methyl/N-ethyl adjacent to an activating group) is 1. The third kappa shape index (κ3) is 3.89. The van der Waals surface area contributed by atoms with Crippen molar-refractivity contribution in [2.24, 2.45) is 5.14 Å². The molecule has 3 N–H and O–H groups in total. The van der Waals surface area contributed by atoms with Crippen molar-refractivity contribution in [3.8, 4) is 28.3 Å². The Morgan fingerprint density at radius 1 is 1.23 bits per heavy atom. The average molecular weight is 430 g/mol. The van der Waals surface area contributed by atoms with Crippen molar-refractivity contribution in [3.05, 3.63) is 61.2 Å². The molecule has 0 saturated carbocycles. The van der Waals surface area contributed by atoms with Crippen LogP contribution >= 0.6 is 0 Å². The molecule has 3 aromatic rings. The first-order valence-electron chi connectivity index (χ1n) is 8.64. The SMILES string of the molecule is C=CC(=O)[N+](C)(O)c1nc(-c2ccc(OC)cc2)c(-c2ccccc2S(N)(=O)=O)o1. The standard InChI is InChI=1S/C20H20N3O6S/c1-4-17(24)23(2,25)20-22-18(13-9-11-14(28-3)12-10-13)19(29-20)15-7-5-6-8-16(15)30(21,26)27/h4-12,25H,1H2,2-3H3,(H2,21,26,27)/q+1. The number of nitrogens with two attached hydrogens (primary N) is 1. The zero-order valence-electron chi connectivity index (χ0n) is 16.3. The Kier molecular flexibility index (Phi) is 5.59. The van der Waals surface area contributed by atoms with E-state index in [9.17, 15) is 18.4 Å². The molecule has 1 atom stereocenters. The van der Waals surface area contributed by atoms with Crippen molar-refractivity contribution in [3.63, 3.8) is 0 Å². The third-order valence-corrected chi connectivity index (χ3v) is 5.36. The maximum Gasteiger partial charge on any atom is 0.446 e. The lowest BCUT2D eigenvalue weighted by molar-refractivity contribution is -0.153. The summed E-state index contributed by atoms with van der Waals surface area (Å²) in [5.74, 6) is -0.169. The molecule has 2 aromatic carbocycles. The Morgan fingerprint density at radius 2 is 1.87 bits per heavy atom. The van der Waals surface area contributed by atoms with Crippen LogP contribution in [-0.4, -0.2) is 38.7 Å². The molecule has 0 aliphatic heterocycles. The quantitative estimate of drug-likeness (QED) is 0.266. The number of benzene rings is 2. The van der Waals surface area contributed by atoms with Gasteiger partial charge in [0.05, 0.1) is 12.0 Å². The van der Waals surface area contributed by atoms with Gasteiger partial charge in [0.15, 0.2) is 5.76 Å². The maximum atomic E-state index is 12.1. The number of methoxy groups -OCH3 is 1. The number of oxazole rings is 1. The van der Waals surface area contributed by atoms with Crippen LogP contribution in [0.25, 0.3) is 22.6 Å². The first-order valence-corrected chi connectivity index (χ1v) is 10.2. The largest absolute Gasteiger partial charge is 0.497 e. The second-order valence-electron chi connectivity index (χ2n) is 6.45. The zero-order valence-corrected chi connectivity index (χ0v) is 17.1. The molecule has 30 heavy (non-hydrogen) atoms. The van der Waals surface area contributed by atoms with Gasteiger partial charge in [0.1, 0.15) is 18.5 Å². The molecule has 1 unspecified atom stereocenters. The molecule has 0 radical (unpaired) electrons. The summed E-state index contributed by atoms with van der Waals surface area (Å²) in [6, 6.07) is 12.3. The molecule has 0 aliphatic rings. The molecular formula is C20H20N3O6S+. The molecule has 1 heterocycles. The molecule has 9 nitrogen and oxygen atoms in total. The summed E-state index contributed by atoms with van der Waals surface area (Å²) in [6.45, 7) is 3.36. The summed E-state index contributed by atoms with van der Waals surface area (Å²) >= 11 is 0. The van der Waals surface area contributed by atoms with E-state index >= 15 is 0 Å². The van der Waals surface area contributed by atoms with Gasteiger partial charge in [0, 0.05) is 17.2 Å². The lowest BCUT2D eigenvalue weighted by Gasteiger charge is -2.14. The van der Waals surface area contributed by atoms with Crippen LogP contribution in [0.1, 0.15) is 0 Å². The Morgan fingerprint density at radius 3 is 2.43 bits per heavy atom. The predicted molar refractivity (Wildman–Crippen MR) is 110 cm³/mol. The van der Waals surface area contributed by atoms with Crippen molar-refractivity contribution in [1.29, 1.82) is 0 Å². The highest BCUT2D eigenvalue weighted by atomic mass is 32.2. The van der Waals surface area contributed by atoms with Crippen LogP contribution in [0.4, 0.5) is 6.01 Å². The highest BCUT2D eigenvalue weighted by molar-refractivity contribution is 7.89. The maximum absolute atomic E-state index is 12.1. The smallest absolute Gasteiger partial charge is 0.446 e. The van der Waals surface area contributed by atoms with Crippen LogP contribution < -0.4 is 14.5 Å². The number of hydrogen-bond donors (Lipinski definition) is 2. The number of amides is 1.